The van der Waals surface area contributed by atoms with E-state index < -0.39 is 0 Å². The number of carbonyl (C=O) groups excluding carboxylic acids is 1. The van der Waals surface area contributed by atoms with E-state index >= 15 is 0 Å². The molecule has 1 amide bonds. The summed E-state index contributed by atoms with van der Waals surface area (Å²) < 4.78 is 0. The van der Waals surface area contributed by atoms with Crippen molar-refractivity contribution in [1.82, 2.24) is 10.2 Å². The Labute approximate surface area is 142 Å². The Bertz CT molecular complexity index is 604. The molecule has 1 aromatic rings. The van der Waals surface area contributed by atoms with Crippen LogP contribution in [0, 0.1) is 0 Å². The minimum atomic E-state index is -0.193. The maximum absolute atomic E-state index is 12.2. The fourth-order valence-electron chi connectivity index (χ4n) is 2.95. The van der Waals surface area contributed by atoms with Crippen LogP contribution < -0.4 is 11.1 Å². The quantitative estimate of drug-likeness (QED) is 0.767. The van der Waals surface area contributed by atoms with Crippen molar-refractivity contribution in [1.29, 1.82) is 0 Å². The normalized spacial score (nSPS) is 22.3. The molecule has 0 radical (unpaired) electrons. The second-order valence-corrected chi connectivity index (χ2v) is 6.47. The zero-order chi connectivity index (χ0) is 17.0. The van der Waals surface area contributed by atoms with Crippen molar-refractivity contribution in [2.24, 2.45) is 5.73 Å². The van der Waals surface area contributed by atoms with Crippen LogP contribution in [0.4, 0.5) is 0 Å². The van der Waals surface area contributed by atoms with Gasteiger partial charge in [0, 0.05) is 36.3 Å². The molecule has 5 nitrogen and oxygen atoms in total. The summed E-state index contributed by atoms with van der Waals surface area (Å²) in [7, 11) is 0. The van der Waals surface area contributed by atoms with Gasteiger partial charge in [0.05, 0.1) is 6.04 Å². The number of phenols is 1. The number of amides is 1. The number of hydrogen-bond acceptors (Lipinski definition) is 4. The van der Waals surface area contributed by atoms with Crippen molar-refractivity contribution in [2.75, 3.05) is 19.6 Å². The lowest BCUT2D eigenvalue weighted by atomic mass is 10.1. The van der Waals surface area contributed by atoms with Gasteiger partial charge in [-0.05, 0) is 38.5 Å². The highest BCUT2D eigenvalue weighted by molar-refractivity contribution is 6.30. The first kappa shape index (κ1) is 17.8. The molecular formula is C17H24ClN3O2. The molecule has 1 saturated heterocycles. The van der Waals surface area contributed by atoms with Crippen molar-refractivity contribution in [2.45, 2.75) is 32.4 Å². The number of nitrogens with two attached hydrogens (primary N) is 1. The Morgan fingerprint density at radius 3 is 3.00 bits per heavy atom. The van der Waals surface area contributed by atoms with Gasteiger partial charge in [0.2, 0.25) is 5.91 Å². The molecule has 4 N–H and O–H groups in total. The van der Waals surface area contributed by atoms with Gasteiger partial charge >= 0.3 is 0 Å². The predicted octanol–water partition coefficient (Wildman–Crippen LogP) is 1.99. The van der Waals surface area contributed by atoms with Gasteiger partial charge in [-0.25, -0.2) is 0 Å². The van der Waals surface area contributed by atoms with Gasteiger partial charge in [0.25, 0.3) is 0 Å². The third-order valence-corrected chi connectivity index (χ3v) is 4.17. The van der Waals surface area contributed by atoms with Crippen LogP contribution >= 0.6 is 11.6 Å². The molecule has 1 fully saturated rings. The fourth-order valence-corrected chi connectivity index (χ4v) is 3.13. The van der Waals surface area contributed by atoms with Crippen LogP contribution in [-0.2, 0) is 4.79 Å². The van der Waals surface area contributed by atoms with Crippen molar-refractivity contribution in [3.63, 3.8) is 0 Å². The summed E-state index contributed by atoms with van der Waals surface area (Å²) in [5.41, 5.74) is 7.73. The van der Waals surface area contributed by atoms with Crippen molar-refractivity contribution in [3.8, 4) is 5.75 Å². The molecule has 6 heteroatoms. The molecule has 0 unspecified atom stereocenters. The first-order chi connectivity index (χ1) is 10.9. The highest BCUT2D eigenvalue weighted by Gasteiger charge is 2.34. The zero-order valence-electron chi connectivity index (χ0n) is 13.6. The molecule has 1 aliphatic heterocycles. The van der Waals surface area contributed by atoms with E-state index in [0.29, 0.717) is 36.6 Å². The van der Waals surface area contributed by atoms with Gasteiger partial charge in [-0.3, -0.25) is 9.69 Å². The van der Waals surface area contributed by atoms with Crippen LogP contribution in [0.5, 0.6) is 5.75 Å². The lowest BCUT2D eigenvalue weighted by molar-refractivity contribution is -0.125. The van der Waals surface area contributed by atoms with Gasteiger partial charge in [-0.2, -0.15) is 0 Å². The number of likely N-dealkylation sites (tertiary alicyclic amines) is 1. The molecule has 2 rings (SSSR count). The molecule has 2 atom stereocenters. The number of nitrogens with zero attached hydrogens (tertiary/aromatic N) is 1. The van der Waals surface area contributed by atoms with Crippen LogP contribution in [0.3, 0.4) is 0 Å². The third-order valence-electron chi connectivity index (χ3n) is 3.93. The minimum absolute atomic E-state index is 0.00924. The molecular weight excluding hydrogens is 314 g/mol. The average molecular weight is 338 g/mol. The smallest absolute Gasteiger partial charge is 0.237 e. The minimum Gasteiger partial charge on any atom is -0.507 e. The summed E-state index contributed by atoms with van der Waals surface area (Å²) in [6, 6.07) is 4.76. The Morgan fingerprint density at radius 2 is 2.30 bits per heavy atom. The Balaban J connectivity index is 2.11. The summed E-state index contributed by atoms with van der Waals surface area (Å²) in [6.45, 7) is 5.81. The first-order valence-corrected chi connectivity index (χ1v) is 8.21. The third kappa shape index (κ3) is 4.70. The number of aromatic hydroxyl groups is 1. The van der Waals surface area contributed by atoms with E-state index in [9.17, 15) is 9.90 Å². The number of carbonyl (C=O) groups is 1. The van der Waals surface area contributed by atoms with E-state index in [1.54, 1.807) is 18.2 Å². The van der Waals surface area contributed by atoms with Crippen LogP contribution in [0.15, 0.2) is 23.8 Å². The average Bonchev–Trinajstić information content (AvgIpc) is 2.84. The topological polar surface area (TPSA) is 78.6 Å². The summed E-state index contributed by atoms with van der Waals surface area (Å²) in [4.78, 5) is 14.2. The van der Waals surface area contributed by atoms with E-state index in [-0.39, 0.29) is 23.7 Å². The molecule has 0 saturated carbocycles. The predicted molar refractivity (Wildman–Crippen MR) is 93.4 cm³/mol. The van der Waals surface area contributed by atoms with Crippen molar-refractivity contribution < 1.29 is 9.90 Å². The van der Waals surface area contributed by atoms with Crippen molar-refractivity contribution >= 4 is 23.6 Å². The summed E-state index contributed by atoms with van der Waals surface area (Å²) in [5, 5.41) is 13.3. The Morgan fingerprint density at radius 1 is 1.57 bits per heavy atom. The van der Waals surface area contributed by atoms with E-state index in [4.69, 9.17) is 17.3 Å². The molecule has 0 bridgehead atoms. The van der Waals surface area contributed by atoms with Crippen LogP contribution in [0.25, 0.3) is 6.08 Å². The number of phenolic OH excluding ortho intramolecular Hbond substituents is 1. The number of benzene rings is 1. The molecule has 23 heavy (non-hydrogen) atoms. The second-order valence-electron chi connectivity index (χ2n) is 6.03. The van der Waals surface area contributed by atoms with E-state index in [0.717, 1.165) is 5.57 Å². The number of halogens is 1. The number of likely N-dealkylation sites (N-methyl/N-ethyl adjacent to an activating group) is 1. The number of nitrogens with one attached hydrogen (secondary N) is 1. The molecule has 0 spiro atoms. The maximum Gasteiger partial charge on any atom is 0.237 e. The molecule has 0 aromatic heterocycles. The monoisotopic (exact) mass is 337 g/mol. The number of rotatable bonds is 5. The first-order valence-electron chi connectivity index (χ1n) is 7.83. The van der Waals surface area contributed by atoms with Crippen LogP contribution in [0.1, 0.15) is 25.8 Å². The summed E-state index contributed by atoms with van der Waals surface area (Å²) >= 11 is 5.97. The van der Waals surface area contributed by atoms with E-state index in [2.05, 4.69) is 10.2 Å². The molecule has 1 aromatic carbocycles. The Hall–Kier alpha value is -1.56. The summed E-state index contributed by atoms with van der Waals surface area (Å²) in [5.74, 6) is 0.214. The van der Waals surface area contributed by atoms with Gasteiger partial charge in [0.1, 0.15) is 5.75 Å². The van der Waals surface area contributed by atoms with Gasteiger partial charge in [-0.1, -0.05) is 23.3 Å². The maximum atomic E-state index is 12.2. The molecule has 1 aliphatic rings. The lowest BCUT2D eigenvalue weighted by Gasteiger charge is -2.23. The molecule has 126 valence electrons. The van der Waals surface area contributed by atoms with E-state index in [1.165, 1.54) is 0 Å². The number of hydrogen-bond donors (Lipinski definition) is 3. The zero-order valence-corrected chi connectivity index (χ0v) is 14.3. The lowest BCUT2D eigenvalue weighted by Crippen LogP contribution is -2.43. The van der Waals surface area contributed by atoms with Crippen LogP contribution in [-0.4, -0.2) is 47.6 Å². The highest BCUT2D eigenvalue weighted by Crippen LogP contribution is 2.25. The second kappa shape index (κ2) is 7.81. The van der Waals surface area contributed by atoms with Gasteiger partial charge < -0.3 is 16.2 Å². The molecule has 0 aliphatic carbocycles. The largest absolute Gasteiger partial charge is 0.507 e. The van der Waals surface area contributed by atoms with Crippen LogP contribution in [0.2, 0.25) is 5.02 Å². The van der Waals surface area contributed by atoms with Crippen molar-refractivity contribution in [3.05, 3.63) is 34.4 Å². The standard InChI is InChI=1S/C17H24ClN3O2/c1-3-20-17(23)15-8-14(19)10-21(15)9-11(2)6-12-7-13(18)4-5-16(12)22/h4-7,14-15,22H,3,8-10,19H2,1-2H3,(H,20,23)/b11-6+/t14-,15-/m0/s1. The molecule has 1 heterocycles. The highest BCUT2D eigenvalue weighted by atomic mass is 35.5. The SMILES string of the molecule is CCNC(=O)[C@@H]1C[C@H](N)CN1C/C(C)=C/c1cc(Cl)ccc1O. The van der Waals surface area contributed by atoms with Gasteiger partial charge in [0.15, 0.2) is 0 Å². The van der Waals surface area contributed by atoms with E-state index in [1.807, 2.05) is 19.9 Å². The Kier molecular flexibility index (Phi) is 6.04. The van der Waals surface area contributed by atoms with Gasteiger partial charge in [-0.15, -0.1) is 0 Å². The summed E-state index contributed by atoms with van der Waals surface area (Å²) in [6.07, 6.45) is 2.56. The fraction of sp³-hybridized carbons (Fsp3) is 0.471.